The average molecular weight is 476 g/mol. The lowest BCUT2D eigenvalue weighted by atomic mass is 9.87. The molecule has 3 heterocycles. The predicted molar refractivity (Wildman–Crippen MR) is 135 cm³/mol. The third-order valence-corrected chi connectivity index (χ3v) is 7.58. The topological polar surface area (TPSA) is 70.7 Å². The number of hydrogen-bond donors (Lipinski definition) is 2. The summed E-state index contributed by atoms with van der Waals surface area (Å²) in [5, 5.41) is 7.49. The van der Waals surface area contributed by atoms with Gasteiger partial charge in [0.15, 0.2) is 0 Å². The highest BCUT2D eigenvalue weighted by molar-refractivity contribution is 7.16. The van der Waals surface area contributed by atoms with Crippen molar-refractivity contribution in [3.8, 4) is 5.75 Å². The third kappa shape index (κ3) is 4.33. The number of nitrogens with one attached hydrogen (secondary N) is 2. The zero-order valence-electron chi connectivity index (χ0n) is 19.9. The summed E-state index contributed by atoms with van der Waals surface area (Å²) < 4.78 is 5.56. The van der Waals surface area contributed by atoms with Gasteiger partial charge in [-0.05, 0) is 59.8 Å². The summed E-state index contributed by atoms with van der Waals surface area (Å²) in [6.07, 6.45) is 0.573. The Hall–Kier alpha value is -3.16. The van der Waals surface area contributed by atoms with Gasteiger partial charge in [-0.3, -0.25) is 4.79 Å². The predicted octanol–water partition coefficient (Wildman–Crippen LogP) is 5.11. The molecule has 1 amide bonds. The van der Waals surface area contributed by atoms with Crippen molar-refractivity contribution in [3.05, 3.63) is 81.2 Å². The Balaban J connectivity index is 1.27. The van der Waals surface area contributed by atoms with E-state index in [1.165, 1.54) is 10.4 Å². The monoisotopic (exact) mass is 475 g/mol. The second kappa shape index (κ2) is 8.56. The number of anilines is 1. The van der Waals surface area contributed by atoms with Crippen LogP contribution in [0.5, 0.6) is 5.75 Å². The Morgan fingerprint density at radius 3 is 2.44 bits per heavy atom. The van der Waals surface area contributed by atoms with Crippen LogP contribution in [0.2, 0.25) is 0 Å². The summed E-state index contributed by atoms with van der Waals surface area (Å²) in [4.78, 5) is 29.0. The van der Waals surface area contributed by atoms with E-state index in [2.05, 4.69) is 43.4 Å². The van der Waals surface area contributed by atoms with E-state index in [-0.39, 0.29) is 17.5 Å². The third-order valence-electron chi connectivity index (χ3n) is 6.44. The molecule has 0 aliphatic carbocycles. The quantitative estimate of drug-likeness (QED) is 0.407. The minimum Gasteiger partial charge on any atom is -0.423 e. The van der Waals surface area contributed by atoms with Gasteiger partial charge < -0.3 is 20.3 Å². The van der Waals surface area contributed by atoms with Crippen LogP contribution in [0.25, 0.3) is 0 Å². The Morgan fingerprint density at radius 2 is 1.76 bits per heavy atom. The van der Waals surface area contributed by atoms with Gasteiger partial charge in [-0.2, -0.15) is 0 Å². The molecular weight excluding hydrogens is 446 g/mol. The van der Waals surface area contributed by atoms with Gasteiger partial charge in [0.1, 0.15) is 16.9 Å². The highest BCUT2D eigenvalue weighted by atomic mass is 32.1. The highest BCUT2D eigenvalue weighted by Crippen LogP contribution is 2.40. The van der Waals surface area contributed by atoms with Crippen molar-refractivity contribution < 1.29 is 14.3 Å². The van der Waals surface area contributed by atoms with E-state index >= 15 is 0 Å². The number of thiophene rings is 1. The molecule has 2 N–H and O–H groups in total. The molecule has 5 rings (SSSR count). The number of nitrogens with zero attached hydrogens (tertiary/aromatic N) is 1. The van der Waals surface area contributed by atoms with Crippen LogP contribution in [0.1, 0.15) is 69.2 Å². The van der Waals surface area contributed by atoms with Gasteiger partial charge in [-0.25, -0.2) is 4.79 Å². The average Bonchev–Trinajstić information content (AvgIpc) is 3.17. The summed E-state index contributed by atoms with van der Waals surface area (Å²) in [5.74, 6) is 0.0391. The number of ether oxygens (including phenoxy) is 1. The Bertz CT molecular complexity index is 1240. The Kier molecular flexibility index (Phi) is 5.70. The first-order chi connectivity index (χ1) is 16.2. The second-order valence-corrected chi connectivity index (χ2v) is 11.1. The zero-order chi connectivity index (χ0) is 24.0. The molecule has 1 atom stereocenters. The summed E-state index contributed by atoms with van der Waals surface area (Å²) >= 11 is 1.67. The number of benzene rings is 2. The molecular formula is C27H29N3O3S. The number of likely N-dealkylation sites (N-methyl/N-ethyl adjacent to an activating group) is 1. The molecule has 2 aromatic carbocycles. The van der Waals surface area contributed by atoms with Crippen LogP contribution in [0.4, 0.5) is 5.00 Å². The van der Waals surface area contributed by atoms with E-state index in [0.717, 1.165) is 41.2 Å². The molecule has 176 valence electrons. The molecule has 7 heteroatoms. The molecule has 1 aromatic heterocycles. The van der Waals surface area contributed by atoms with Gasteiger partial charge in [-0.1, -0.05) is 45.0 Å². The van der Waals surface area contributed by atoms with Crippen LogP contribution in [0.15, 0.2) is 48.5 Å². The number of amides is 1. The molecule has 2 aliphatic rings. The van der Waals surface area contributed by atoms with Crippen LogP contribution < -0.4 is 15.4 Å². The first-order valence-electron chi connectivity index (χ1n) is 11.5. The van der Waals surface area contributed by atoms with E-state index in [4.69, 9.17) is 4.74 Å². The van der Waals surface area contributed by atoms with Crippen molar-refractivity contribution in [1.82, 2.24) is 10.2 Å². The lowest BCUT2D eigenvalue weighted by Crippen LogP contribution is -2.38. The van der Waals surface area contributed by atoms with Crippen molar-refractivity contribution in [2.75, 3.05) is 18.9 Å². The van der Waals surface area contributed by atoms with Crippen LogP contribution in [0, 0.1) is 0 Å². The van der Waals surface area contributed by atoms with Crippen molar-refractivity contribution >= 4 is 28.2 Å². The van der Waals surface area contributed by atoms with Crippen molar-refractivity contribution in [3.63, 3.8) is 0 Å². The van der Waals surface area contributed by atoms with Gasteiger partial charge in [0, 0.05) is 18.0 Å². The summed E-state index contributed by atoms with van der Waals surface area (Å²) in [7, 11) is 2.10. The van der Waals surface area contributed by atoms with Gasteiger partial charge >= 0.3 is 5.97 Å². The minimum absolute atomic E-state index is 0.0282. The number of fused-ring (bicyclic) bond motifs is 3. The van der Waals surface area contributed by atoms with Gasteiger partial charge in [-0.15, -0.1) is 11.3 Å². The van der Waals surface area contributed by atoms with E-state index in [1.54, 1.807) is 35.6 Å². The molecule has 0 spiro atoms. The molecule has 6 nitrogen and oxygen atoms in total. The van der Waals surface area contributed by atoms with Crippen LogP contribution in [0.3, 0.4) is 0 Å². The lowest BCUT2D eigenvalue weighted by molar-refractivity contribution is 0.0734. The largest absolute Gasteiger partial charge is 0.423 e. The molecule has 0 unspecified atom stereocenters. The van der Waals surface area contributed by atoms with Gasteiger partial charge in [0.05, 0.1) is 11.1 Å². The van der Waals surface area contributed by atoms with Crippen molar-refractivity contribution in [1.29, 1.82) is 0 Å². The van der Waals surface area contributed by atoms with E-state index in [1.807, 2.05) is 24.3 Å². The van der Waals surface area contributed by atoms with E-state index in [9.17, 15) is 9.59 Å². The first-order valence-corrected chi connectivity index (χ1v) is 12.3. The van der Waals surface area contributed by atoms with E-state index in [0.29, 0.717) is 11.3 Å². The minimum atomic E-state index is -0.393. The number of rotatable bonds is 3. The van der Waals surface area contributed by atoms with Crippen molar-refractivity contribution in [2.45, 2.75) is 45.3 Å². The van der Waals surface area contributed by atoms with E-state index < -0.39 is 5.97 Å². The summed E-state index contributed by atoms with van der Waals surface area (Å²) in [6, 6.07) is 14.8. The Labute approximate surface area is 203 Å². The SMILES string of the molecule is CN1CCc2c(sc3c2C(=O)N[C@@H](c2ccc(OC(=O)c4ccc(C(C)(C)C)cc4)cc2)N3)C1. The van der Waals surface area contributed by atoms with Gasteiger partial charge in [0.2, 0.25) is 0 Å². The maximum atomic E-state index is 12.9. The molecule has 0 saturated carbocycles. The first kappa shape index (κ1) is 22.6. The summed E-state index contributed by atoms with van der Waals surface area (Å²) in [6.45, 7) is 8.26. The van der Waals surface area contributed by atoms with Crippen molar-refractivity contribution in [2.24, 2.45) is 0 Å². The number of esters is 1. The fourth-order valence-electron chi connectivity index (χ4n) is 4.41. The number of carbonyl (C=O) groups is 2. The van der Waals surface area contributed by atoms with Crippen LogP contribution in [-0.4, -0.2) is 30.4 Å². The standard InChI is InChI=1S/C27H29N3O3S/c1-27(2,3)18-9-5-17(6-10-18)26(32)33-19-11-7-16(8-12-19)23-28-24(31)22-20-13-14-30(4)15-21(20)34-25(22)29-23/h5-12,23,29H,13-15H2,1-4H3,(H,28,31)/t23-/m1/s1. The summed E-state index contributed by atoms with van der Waals surface area (Å²) in [5.41, 5.74) is 4.58. The normalized spacial score (nSPS) is 17.9. The maximum absolute atomic E-state index is 12.9. The molecule has 0 fully saturated rings. The molecule has 34 heavy (non-hydrogen) atoms. The maximum Gasteiger partial charge on any atom is 0.343 e. The molecule has 2 aliphatic heterocycles. The van der Waals surface area contributed by atoms with Gasteiger partial charge in [0.25, 0.3) is 5.91 Å². The Morgan fingerprint density at radius 1 is 1.06 bits per heavy atom. The fourth-order valence-corrected chi connectivity index (χ4v) is 5.76. The molecule has 0 bridgehead atoms. The van der Waals surface area contributed by atoms with Crippen LogP contribution in [-0.2, 0) is 18.4 Å². The second-order valence-electron chi connectivity index (χ2n) is 10.0. The fraction of sp³-hybridized carbons (Fsp3) is 0.333. The molecule has 0 radical (unpaired) electrons. The molecule has 0 saturated heterocycles. The number of hydrogen-bond acceptors (Lipinski definition) is 6. The van der Waals surface area contributed by atoms with Crippen LogP contribution >= 0.6 is 11.3 Å². The lowest BCUT2D eigenvalue weighted by Gasteiger charge is -2.27. The molecule has 3 aromatic rings. The highest BCUT2D eigenvalue weighted by Gasteiger charge is 2.32. The number of carbonyl (C=O) groups excluding carboxylic acids is 2. The smallest absolute Gasteiger partial charge is 0.343 e. The zero-order valence-corrected chi connectivity index (χ0v) is 20.7.